The summed E-state index contributed by atoms with van der Waals surface area (Å²) in [4.78, 5) is 21.2. The molecule has 0 saturated carbocycles. The van der Waals surface area contributed by atoms with E-state index in [1.807, 2.05) is 0 Å². The van der Waals surface area contributed by atoms with Crippen molar-refractivity contribution in [2.75, 3.05) is 7.11 Å². The molecule has 0 aliphatic carbocycles. The summed E-state index contributed by atoms with van der Waals surface area (Å²) < 4.78 is 9.85. The molecule has 17 heavy (non-hydrogen) atoms. The third-order valence-electron chi connectivity index (χ3n) is 2.21. The minimum atomic E-state index is -0.750. The van der Waals surface area contributed by atoms with Crippen LogP contribution in [0.3, 0.4) is 0 Å². The Morgan fingerprint density at radius 1 is 1.47 bits per heavy atom. The number of hydrogen-bond acceptors (Lipinski definition) is 5. The number of methoxy groups -OCH3 is 1. The zero-order valence-corrected chi connectivity index (χ0v) is 9.80. The van der Waals surface area contributed by atoms with Crippen LogP contribution >= 0.6 is 0 Å². The lowest BCUT2D eigenvalue weighted by molar-refractivity contribution is -0.384. The monoisotopic (exact) mass is 239 g/mol. The Kier molecular flexibility index (Phi) is 4.03. The number of nitro benzene ring substituents is 1. The van der Waals surface area contributed by atoms with E-state index in [1.165, 1.54) is 25.3 Å². The van der Waals surface area contributed by atoms with Gasteiger partial charge in [-0.1, -0.05) is 0 Å². The van der Waals surface area contributed by atoms with Gasteiger partial charge in [-0.2, -0.15) is 0 Å². The number of carbonyl (C=O) groups excluding carboxylic acids is 1. The smallest absolute Gasteiger partial charge is 0.346 e. The standard InChI is InChI=1S/C11H13NO5/c1-7-6-9(12(14)15)4-5-10(7)17-8(2)11(13)16-3/h4-6,8H,1-3H3. The van der Waals surface area contributed by atoms with Gasteiger partial charge in [0, 0.05) is 12.1 Å². The van der Waals surface area contributed by atoms with E-state index in [0.29, 0.717) is 11.3 Å². The zero-order valence-electron chi connectivity index (χ0n) is 9.80. The minimum Gasteiger partial charge on any atom is -0.479 e. The number of hydrogen-bond donors (Lipinski definition) is 0. The Balaban J connectivity index is 2.86. The maximum atomic E-state index is 11.1. The predicted molar refractivity (Wildman–Crippen MR) is 59.9 cm³/mol. The molecule has 0 aliphatic rings. The molecule has 1 atom stereocenters. The molecule has 0 amide bonds. The number of nitro groups is 1. The molecule has 1 unspecified atom stereocenters. The number of nitrogens with zero attached hydrogens (tertiary/aromatic N) is 1. The molecule has 0 aromatic heterocycles. The van der Waals surface area contributed by atoms with Crippen molar-refractivity contribution in [3.05, 3.63) is 33.9 Å². The lowest BCUT2D eigenvalue weighted by Crippen LogP contribution is -2.25. The van der Waals surface area contributed by atoms with Crippen LogP contribution in [-0.2, 0) is 9.53 Å². The highest BCUT2D eigenvalue weighted by Crippen LogP contribution is 2.24. The fourth-order valence-electron chi connectivity index (χ4n) is 1.28. The summed E-state index contributed by atoms with van der Waals surface area (Å²) in [6.45, 7) is 3.22. The van der Waals surface area contributed by atoms with Crippen LogP contribution in [0.1, 0.15) is 12.5 Å². The van der Waals surface area contributed by atoms with Crippen molar-refractivity contribution in [2.45, 2.75) is 20.0 Å². The van der Waals surface area contributed by atoms with Crippen molar-refractivity contribution in [2.24, 2.45) is 0 Å². The maximum Gasteiger partial charge on any atom is 0.346 e. The van der Waals surface area contributed by atoms with E-state index in [-0.39, 0.29) is 5.69 Å². The molecular weight excluding hydrogens is 226 g/mol. The maximum absolute atomic E-state index is 11.1. The Bertz CT molecular complexity index is 443. The molecule has 0 radical (unpaired) electrons. The van der Waals surface area contributed by atoms with Crippen LogP contribution in [0, 0.1) is 17.0 Å². The highest BCUT2D eigenvalue weighted by molar-refractivity contribution is 5.74. The van der Waals surface area contributed by atoms with E-state index in [4.69, 9.17) is 4.74 Å². The third kappa shape index (κ3) is 3.17. The van der Waals surface area contributed by atoms with Crippen molar-refractivity contribution < 1.29 is 19.2 Å². The molecule has 0 saturated heterocycles. The topological polar surface area (TPSA) is 78.7 Å². The first-order valence-electron chi connectivity index (χ1n) is 4.95. The van der Waals surface area contributed by atoms with Gasteiger partial charge in [0.1, 0.15) is 5.75 Å². The SMILES string of the molecule is COC(=O)C(C)Oc1ccc([N+](=O)[O-])cc1C. The van der Waals surface area contributed by atoms with Crippen molar-refractivity contribution in [1.82, 2.24) is 0 Å². The van der Waals surface area contributed by atoms with E-state index in [2.05, 4.69) is 4.74 Å². The van der Waals surface area contributed by atoms with E-state index in [1.54, 1.807) is 13.8 Å². The lowest BCUT2D eigenvalue weighted by Gasteiger charge is -2.13. The number of esters is 1. The van der Waals surface area contributed by atoms with E-state index in [9.17, 15) is 14.9 Å². The van der Waals surface area contributed by atoms with Crippen LogP contribution in [0.5, 0.6) is 5.75 Å². The van der Waals surface area contributed by atoms with Crippen molar-refractivity contribution in [3.8, 4) is 5.75 Å². The van der Waals surface area contributed by atoms with Crippen LogP contribution in [0.15, 0.2) is 18.2 Å². The van der Waals surface area contributed by atoms with Gasteiger partial charge in [0.2, 0.25) is 0 Å². The Hall–Kier alpha value is -2.11. The summed E-state index contributed by atoms with van der Waals surface area (Å²) in [7, 11) is 1.27. The summed E-state index contributed by atoms with van der Waals surface area (Å²) >= 11 is 0. The lowest BCUT2D eigenvalue weighted by atomic mass is 10.2. The third-order valence-corrected chi connectivity index (χ3v) is 2.21. The molecule has 1 aromatic carbocycles. The average Bonchev–Trinajstić information content (AvgIpc) is 2.30. The van der Waals surface area contributed by atoms with Crippen molar-refractivity contribution in [1.29, 1.82) is 0 Å². The summed E-state index contributed by atoms with van der Waals surface area (Å²) in [6.07, 6.45) is -0.750. The molecule has 0 bridgehead atoms. The molecule has 0 N–H and O–H groups in total. The second-order valence-electron chi connectivity index (χ2n) is 3.49. The van der Waals surface area contributed by atoms with Gasteiger partial charge >= 0.3 is 5.97 Å². The summed E-state index contributed by atoms with van der Waals surface area (Å²) in [5.41, 5.74) is 0.579. The second-order valence-corrected chi connectivity index (χ2v) is 3.49. The van der Waals surface area contributed by atoms with Gasteiger partial charge < -0.3 is 9.47 Å². The molecule has 0 aliphatic heterocycles. The van der Waals surface area contributed by atoms with E-state index < -0.39 is 17.0 Å². The predicted octanol–water partition coefficient (Wildman–Crippen LogP) is 1.84. The molecule has 0 heterocycles. The summed E-state index contributed by atoms with van der Waals surface area (Å²) in [5, 5.41) is 10.5. The highest BCUT2D eigenvalue weighted by Gasteiger charge is 2.17. The van der Waals surface area contributed by atoms with Crippen LogP contribution in [0.2, 0.25) is 0 Å². The molecule has 92 valence electrons. The molecule has 1 rings (SSSR count). The van der Waals surface area contributed by atoms with Crippen LogP contribution in [-0.4, -0.2) is 24.1 Å². The highest BCUT2D eigenvalue weighted by atomic mass is 16.6. The van der Waals surface area contributed by atoms with Crippen LogP contribution in [0.4, 0.5) is 5.69 Å². The largest absolute Gasteiger partial charge is 0.479 e. The number of ether oxygens (including phenoxy) is 2. The van der Waals surface area contributed by atoms with Gasteiger partial charge in [-0.05, 0) is 25.5 Å². The number of aryl methyl sites for hydroxylation is 1. The first kappa shape index (κ1) is 13.0. The fraction of sp³-hybridized carbons (Fsp3) is 0.364. The number of carbonyl (C=O) groups is 1. The average molecular weight is 239 g/mol. The Labute approximate surface area is 98.3 Å². The minimum absolute atomic E-state index is 0.0134. The van der Waals surface area contributed by atoms with Gasteiger partial charge in [0.15, 0.2) is 6.10 Å². The molecular formula is C11H13NO5. The Morgan fingerprint density at radius 3 is 2.59 bits per heavy atom. The number of non-ortho nitro benzene ring substituents is 1. The number of rotatable bonds is 4. The van der Waals surface area contributed by atoms with Gasteiger partial charge in [-0.25, -0.2) is 4.79 Å². The van der Waals surface area contributed by atoms with Crippen molar-refractivity contribution >= 4 is 11.7 Å². The second kappa shape index (κ2) is 5.29. The number of benzene rings is 1. The summed E-state index contributed by atoms with van der Waals surface area (Å²) in [5.74, 6) is -0.0729. The molecule has 6 heteroatoms. The van der Waals surface area contributed by atoms with Gasteiger partial charge in [-0.3, -0.25) is 10.1 Å². The van der Waals surface area contributed by atoms with Crippen LogP contribution < -0.4 is 4.74 Å². The molecule has 1 aromatic rings. The molecule has 0 spiro atoms. The quantitative estimate of drug-likeness (QED) is 0.455. The van der Waals surface area contributed by atoms with Gasteiger partial charge in [0.25, 0.3) is 5.69 Å². The fourth-order valence-corrected chi connectivity index (χ4v) is 1.28. The first-order valence-corrected chi connectivity index (χ1v) is 4.95. The Morgan fingerprint density at radius 2 is 2.12 bits per heavy atom. The first-order chi connectivity index (χ1) is 7.95. The van der Waals surface area contributed by atoms with Crippen LogP contribution in [0.25, 0.3) is 0 Å². The zero-order chi connectivity index (χ0) is 13.0. The van der Waals surface area contributed by atoms with E-state index >= 15 is 0 Å². The summed E-state index contributed by atoms with van der Waals surface area (Å²) in [6, 6.07) is 4.18. The molecule has 6 nitrogen and oxygen atoms in total. The van der Waals surface area contributed by atoms with Gasteiger partial charge in [0.05, 0.1) is 12.0 Å². The van der Waals surface area contributed by atoms with E-state index in [0.717, 1.165) is 0 Å². The van der Waals surface area contributed by atoms with Crippen molar-refractivity contribution in [3.63, 3.8) is 0 Å². The normalized spacial score (nSPS) is 11.7. The molecule has 0 fully saturated rings. The van der Waals surface area contributed by atoms with Gasteiger partial charge in [-0.15, -0.1) is 0 Å².